The van der Waals surface area contributed by atoms with Crippen LogP contribution in [0.4, 0.5) is 0 Å². The fraction of sp³-hybridized carbons (Fsp3) is 0.350. The minimum absolute atomic E-state index is 0.134. The number of benzene rings is 2. The summed E-state index contributed by atoms with van der Waals surface area (Å²) in [6, 6.07) is 23.5. The maximum Gasteiger partial charge on any atom is 0.123 e. The molecule has 118 valence electrons. The second-order valence-electron chi connectivity index (χ2n) is 6.10. The number of nitriles is 1. The third-order valence-corrected chi connectivity index (χ3v) is 4.78. The van der Waals surface area contributed by atoms with Gasteiger partial charge in [0.05, 0.1) is 6.07 Å². The van der Waals surface area contributed by atoms with E-state index in [0.717, 1.165) is 31.7 Å². The molecule has 1 aliphatic heterocycles. The minimum atomic E-state index is -0.134. The van der Waals surface area contributed by atoms with Crippen LogP contribution < -0.4 is 0 Å². The van der Waals surface area contributed by atoms with Gasteiger partial charge in [-0.3, -0.25) is 9.80 Å². The molecule has 2 atom stereocenters. The van der Waals surface area contributed by atoms with E-state index in [9.17, 15) is 5.26 Å². The number of piperazine rings is 1. The molecule has 0 aromatic heterocycles. The van der Waals surface area contributed by atoms with Crippen LogP contribution in [0.15, 0.2) is 60.7 Å². The zero-order chi connectivity index (χ0) is 16.1. The van der Waals surface area contributed by atoms with Gasteiger partial charge in [0.1, 0.15) is 6.04 Å². The lowest BCUT2D eigenvalue weighted by molar-refractivity contribution is 0.0876. The van der Waals surface area contributed by atoms with E-state index in [1.165, 1.54) is 5.56 Å². The van der Waals surface area contributed by atoms with Gasteiger partial charge in [-0.15, -0.1) is 0 Å². The van der Waals surface area contributed by atoms with Crippen molar-refractivity contribution < 1.29 is 0 Å². The molecule has 3 heteroatoms. The van der Waals surface area contributed by atoms with Crippen molar-refractivity contribution in [1.82, 2.24) is 9.80 Å². The molecule has 1 heterocycles. The molecule has 3 nitrogen and oxygen atoms in total. The third kappa shape index (κ3) is 3.61. The highest BCUT2D eigenvalue weighted by Gasteiger charge is 2.27. The molecule has 0 spiro atoms. The second kappa shape index (κ2) is 7.41. The van der Waals surface area contributed by atoms with E-state index in [4.69, 9.17) is 0 Å². The summed E-state index contributed by atoms with van der Waals surface area (Å²) in [6.07, 6.45) is 0. The third-order valence-electron chi connectivity index (χ3n) is 4.78. The normalized spacial score (nSPS) is 19.0. The van der Waals surface area contributed by atoms with E-state index >= 15 is 0 Å². The molecule has 23 heavy (non-hydrogen) atoms. The maximum atomic E-state index is 9.58. The van der Waals surface area contributed by atoms with E-state index in [-0.39, 0.29) is 6.04 Å². The maximum absolute atomic E-state index is 9.58. The van der Waals surface area contributed by atoms with Gasteiger partial charge in [-0.25, -0.2) is 0 Å². The summed E-state index contributed by atoms with van der Waals surface area (Å²) >= 11 is 0. The van der Waals surface area contributed by atoms with Crippen molar-refractivity contribution in [3.63, 3.8) is 0 Å². The van der Waals surface area contributed by atoms with Crippen molar-refractivity contribution >= 4 is 0 Å². The molecule has 0 unspecified atom stereocenters. The van der Waals surface area contributed by atoms with E-state index in [2.05, 4.69) is 53.1 Å². The SMILES string of the molecule is C[C@H](c1ccccc1)N1CCN([C@H](C#N)c2ccccc2)CC1. The molecular formula is C20H23N3. The first-order valence-electron chi connectivity index (χ1n) is 8.27. The first-order chi connectivity index (χ1) is 11.3. The van der Waals surface area contributed by atoms with Gasteiger partial charge in [0.2, 0.25) is 0 Å². The number of nitrogens with zero attached hydrogens (tertiary/aromatic N) is 3. The van der Waals surface area contributed by atoms with Gasteiger partial charge in [-0.1, -0.05) is 60.7 Å². The first-order valence-corrected chi connectivity index (χ1v) is 8.27. The van der Waals surface area contributed by atoms with Crippen LogP contribution in [0.2, 0.25) is 0 Å². The molecule has 0 radical (unpaired) electrons. The molecule has 3 rings (SSSR count). The Kier molecular flexibility index (Phi) is 5.07. The Morgan fingerprint density at radius 3 is 1.78 bits per heavy atom. The lowest BCUT2D eigenvalue weighted by Gasteiger charge is -2.40. The van der Waals surface area contributed by atoms with Gasteiger partial charge >= 0.3 is 0 Å². The monoisotopic (exact) mass is 305 g/mol. The van der Waals surface area contributed by atoms with Crippen LogP contribution in [0, 0.1) is 11.3 Å². The van der Waals surface area contributed by atoms with Crippen LogP contribution >= 0.6 is 0 Å². The van der Waals surface area contributed by atoms with Gasteiger partial charge in [-0.2, -0.15) is 5.26 Å². The van der Waals surface area contributed by atoms with Crippen LogP contribution in [-0.4, -0.2) is 36.0 Å². The Bertz CT molecular complexity index is 640. The van der Waals surface area contributed by atoms with Crippen LogP contribution in [-0.2, 0) is 0 Å². The van der Waals surface area contributed by atoms with Crippen molar-refractivity contribution in [2.24, 2.45) is 0 Å². The molecule has 2 aromatic carbocycles. The Balaban J connectivity index is 1.63. The minimum Gasteiger partial charge on any atom is -0.294 e. The van der Waals surface area contributed by atoms with Crippen molar-refractivity contribution in [3.8, 4) is 6.07 Å². The van der Waals surface area contributed by atoms with Gasteiger partial charge in [-0.05, 0) is 18.1 Å². The topological polar surface area (TPSA) is 30.3 Å². The fourth-order valence-electron chi connectivity index (χ4n) is 3.33. The van der Waals surface area contributed by atoms with Crippen LogP contribution in [0.5, 0.6) is 0 Å². The van der Waals surface area contributed by atoms with Crippen molar-refractivity contribution in [3.05, 3.63) is 71.8 Å². The van der Waals surface area contributed by atoms with Crippen LogP contribution in [0.3, 0.4) is 0 Å². The molecule has 0 bridgehead atoms. The van der Waals surface area contributed by atoms with Gasteiger partial charge in [0, 0.05) is 32.2 Å². The van der Waals surface area contributed by atoms with Crippen molar-refractivity contribution in [1.29, 1.82) is 5.26 Å². The number of hydrogen-bond acceptors (Lipinski definition) is 3. The highest BCUT2D eigenvalue weighted by atomic mass is 15.3. The second-order valence-corrected chi connectivity index (χ2v) is 6.10. The molecule has 0 N–H and O–H groups in total. The first kappa shape index (κ1) is 15.7. The Hall–Kier alpha value is -2.15. The van der Waals surface area contributed by atoms with Crippen molar-refractivity contribution in [2.75, 3.05) is 26.2 Å². The summed E-state index contributed by atoms with van der Waals surface area (Å²) in [6.45, 7) is 6.14. The molecule has 2 aromatic rings. The van der Waals surface area contributed by atoms with Gasteiger partial charge < -0.3 is 0 Å². The standard InChI is InChI=1S/C20H23N3/c1-17(18-8-4-2-5-9-18)22-12-14-23(15-13-22)20(16-21)19-10-6-3-7-11-19/h2-11,17,20H,12-15H2,1H3/t17-,20-/m1/s1. The van der Waals surface area contributed by atoms with Gasteiger partial charge in [0.25, 0.3) is 0 Å². The predicted molar refractivity (Wildman–Crippen MR) is 92.8 cm³/mol. The Morgan fingerprint density at radius 2 is 1.26 bits per heavy atom. The van der Waals surface area contributed by atoms with E-state index in [1.54, 1.807) is 0 Å². The largest absolute Gasteiger partial charge is 0.294 e. The highest BCUT2D eigenvalue weighted by Crippen LogP contribution is 2.25. The lowest BCUT2D eigenvalue weighted by Crippen LogP contribution is -2.48. The fourth-order valence-corrected chi connectivity index (χ4v) is 3.33. The Labute approximate surface area is 138 Å². The summed E-state index contributed by atoms with van der Waals surface area (Å²) in [4.78, 5) is 4.80. The quantitative estimate of drug-likeness (QED) is 0.864. The molecule has 1 aliphatic rings. The summed E-state index contributed by atoms with van der Waals surface area (Å²) in [5, 5.41) is 9.58. The zero-order valence-corrected chi connectivity index (χ0v) is 13.6. The summed E-state index contributed by atoms with van der Waals surface area (Å²) in [5.74, 6) is 0. The molecule has 0 amide bonds. The summed E-state index contributed by atoms with van der Waals surface area (Å²) in [5.41, 5.74) is 2.46. The lowest BCUT2D eigenvalue weighted by atomic mass is 10.0. The van der Waals surface area contributed by atoms with Gasteiger partial charge in [0.15, 0.2) is 0 Å². The number of hydrogen-bond donors (Lipinski definition) is 0. The smallest absolute Gasteiger partial charge is 0.123 e. The molecule has 1 fully saturated rings. The highest BCUT2D eigenvalue weighted by molar-refractivity contribution is 5.24. The average Bonchev–Trinajstić information content (AvgIpc) is 2.64. The van der Waals surface area contributed by atoms with Crippen molar-refractivity contribution in [2.45, 2.75) is 19.0 Å². The Morgan fingerprint density at radius 1 is 0.783 bits per heavy atom. The molecule has 0 aliphatic carbocycles. The summed E-state index contributed by atoms with van der Waals surface area (Å²) < 4.78 is 0. The molecule has 1 saturated heterocycles. The van der Waals surface area contributed by atoms with E-state index < -0.39 is 0 Å². The summed E-state index contributed by atoms with van der Waals surface area (Å²) in [7, 11) is 0. The van der Waals surface area contributed by atoms with E-state index in [0.29, 0.717) is 6.04 Å². The average molecular weight is 305 g/mol. The van der Waals surface area contributed by atoms with E-state index in [1.807, 2.05) is 30.3 Å². The zero-order valence-electron chi connectivity index (χ0n) is 13.6. The molecule has 0 saturated carbocycles. The number of rotatable bonds is 4. The van der Waals surface area contributed by atoms with Crippen LogP contribution in [0.25, 0.3) is 0 Å². The van der Waals surface area contributed by atoms with Crippen LogP contribution in [0.1, 0.15) is 30.1 Å². The predicted octanol–water partition coefficient (Wildman–Crippen LogP) is 3.63. The molecular weight excluding hydrogens is 282 g/mol.